The summed E-state index contributed by atoms with van der Waals surface area (Å²) >= 11 is 0. The molecule has 0 aliphatic carbocycles. The number of hydrogen-bond donors (Lipinski definition) is 2. The van der Waals surface area contributed by atoms with Crippen LogP contribution >= 0.6 is 0 Å². The molecule has 2 amide bonds. The molecule has 1 saturated heterocycles. The number of nitrogens with one attached hydrogen (secondary N) is 1. The fourth-order valence-corrected chi connectivity index (χ4v) is 2.73. The molecule has 1 aliphatic rings. The van der Waals surface area contributed by atoms with Crippen molar-refractivity contribution in [2.24, 2.45) is 5.92 Å². The second-order valence-corrected chi connectivity index (χ2v) is 7.67. The van der Waals surface area contributed by atoms with E-state index in [-0.39, 0.29) is 24.8 Å². The molecule has 136 valence electrons. The maximum absolute atomic E-state index is 12.8. The Morgan fingerprint density at radius 2 is 2.04 bits per heavy atom. The Bertz CT molecular complexity index is 504. The van der Waals surface area contributed by atoms with Gasteiger partial charge in [0.15, 0.2) is 0 Å². The van der Waals surface area contributed by atoms with Crippen LogP contribution < -0.4 is 5.32 Å². The van der Waals surface area contributed by atoms with Crippen LogP contribution in [0.15, 0.2) is 0 Å². The van der Waals surface area contributed by atoms with Gasteiger partial charge < -0.3 is 15.2 Å². The van der Waals surface area contributed by atoms with Crippen LogP contribution in [-0.4, -0.2) is 52.3 Å². The minimum Gasteiger partial charge on any atom is -0.444 e. The number of rotatable bonds is 5. The predicted octanol–water partition coefficient (Wildman–Crippen LogP) is 1.91. The molecule has 1 rings (SSSR count). The normalized spacial score (nSPS) is 22.2. The predicted molar refractivity (Wildman–Crippen MR) is 92.2 cm³/mol. The smallest absolute Gasteiger partial charge is 0.411 e. The first-order valence-corrected chi connectivity index (χ1v) is 8.44. The first kappa shape index (κ1) is 20.3. The lowest BCUT2D eigenvalue weighted by Crippen LogP contribution is -2.58. The van der Waals surface area contributed by atoms with Crippen LogP contribution in [0, 0.1) is 18.3 Å². The summed E-state index contributed by atoms with van der Waals surface area (Å²) in [6.45, 7) is 9.64. The summed E-state index contributed by atoms with van der Waals surface area (Å²) in [5, 5.41) is 12.6. The van der Waals surface area contributed by atoms with Crippen LogP contribution in [0.25, 0.3) is 0 Å². The average molecular weight is 338 g/mol. The number of carbonyl (C=O) groups is 2. The van der Waals surface area contributed by atoms with Crippen molar-refractivity contribution in [3.05, 3.63) is 0 Å². The SMILES string of the molecule is C#CC[C@]1(C(=O)NC[C@H](O)C(C)C)CCCN1C(=O)OC(C)(C)C. The lowest BCUT2D eigenvalue weighted by Gasteiger charge is -2.37. The highest BCUT2D eigenvalue weighted by Gasteiger charge is 2.50. The molecule has 0 saturated carbocycles. The maximum atomic E-state index is 12.8. The second kappa shape index (κ2) is 7.89. The molecule has 0 aromatic rings. The van der Waals surface area contributed by atoms with Crippen LogP contribution in [0.2, 0.25) is 0 Å². The van der Waals surface area contributed by atoms with E-state index in [4.69, 9.17) is 11.2 Å². The first-order chi connectivity index (χ1) is 11.0. The topological polar surface area (TPSA) is 78.9 Å². The fraction of sp³-hybridized carbons (Fsp3) is 0.778. The Morgan fingerprint density at radius 1 is 1.42 bits per heavy atom. The monoisotopic (exact) mass is 338 g/mol. The molecule has 2 N–H and O–H groups in total. The van der Waals surface area contributed by atoms with Gasteiger partial charge in [-0.2, -0.15) is 0 Å². The van der Waals surface area contributed by atoms with Crippen molar-refractivity contribution in [1.29, 1.82) is 0 Å². The van der Waals surface area contributed by atoms with Gasteiger partial charge in [0.25, 0.3) is 0 Å². The molecule has 0 aromatic carbocycles. The van der Waals surface area contributed by atoms with Gasteiger partial charge in [-0.25, -0.2) is 4.79 Å². The van der Waals surface area contributed by atoms with E-state index in [0.29, 0.717) is 19.4 Å². The third-order valence-electron chi connectivity index (χ3n) is 4.16. The van der Waals surface area contributed by atoms with E-state index in [1.54, 1.807) is 20.8 Å². The van der Waals surface area contributed by atoms with Gasteiger partial charge in [0.1, 0.15) is 11.1 Å². The fourth-order valence-electron chi connectivity index (χ4n) is 2.73. The summed E-state index contributed by atoms with van der Waals surface area (Å²) < 4.78 is 5.43. The lowest BCUT2D eigenvalue weighted by atomic mass is 9.91. The van der Waals surface area contributed by atoms with E-state index in [0.717, 1.165) is 0 Å². The summed E-state index contributed by atoms with van der Waals surface area (Å²) in [5.74, 6) is 2.21. The number of amides is 2. The third kappa shape index (κ3) is 4.88. The van der Waals surface area contributed by atoms with Crippen molar-refractivity contribution in [2.75, 3.05) is 13.1 Å². The van der Waals surface area contributed by atoms with E-state index in [1.807, 2.05) is 13.8 Å². The highest BCUT2D eigenvalue weighted by atomic mass is 16.6. The van der Waals surface area contributed by atoms with Gasteiger partial charge in [-0.3, -0.25) is 9.69 Å². The maximum Gasteiger partial charge on any atom is 0.411 e. The van der Waals surface area contributed by atoms with Gasteiger partial charge >= 0.3 is 6.09 Å². The Labute approximate surface area is 144 Å². The quantitative estimate of drug-likeness (QED) is 0.751. The molecular weight excluding hydrogens is 308 g/mol. The molecule has 0 unspecified atom stereocenters. The van der Waals surface area contributed by atoms with E-state index < -0.39 is 23.3 Å². The Kier molecular flexibility index (Phi) is 6.67. The molecular formula is C18H30N2O4. The highest BCUT2D eigenvalue weighted by Crippen LogP contribution is 2.34. The minimum atomic E-state index is -1.10. The molecule has 6 nitrogen and oxygen atoms in total. The number of ether oxygens (including phenoxy) is 1. The molecule has 0 radical (unpaired) electrons. The van der Waals surface area contributed by atoms with Gasteiger partial charge in [-0.15, -0.1) is 12.3 Å². The van der Waals surface area contributed by atoms with E-state index in [9.17, 15) is 14.7 Å². The minimum absolute atomic E-state index is 0.0272. The van der Waals surface area contributed by atoms with Crippen LogP contribution in [0.3, 0.4) is 0 Å². The second-order valence-electron chi connectivity index (χ2n) is 7.67. The number of likely N-dealkylation sites (tertiary alicyclic amines) is 1. The van der Waals surface area contributed by atoms with Gasteiger partial charge in [-0.1, -0.05) is 13.8 Å². The molecule has 24 heavy (non-hydrogen) atoms. The number of hydrogen-bond acceptors (Lipinski definition) is 4. The van der Waals surface area contributed by atoms with E-state index in [1.165, 1.54) is 4.90 Å². The summed E-state index contributed by atoms with van der Waals surface area (Å²) in [5.41, 5.74) is -1.75. The zero-order valence-electron chi connectivity index (χ0n) is 15.4. The van der Waals surface area contributed by atoms with Crippen LogP contribution in [0.5, 0.6) is 0 Å². The lowest BCUT2D eigenvalue weighted by molar-refractivity contribution is -0.132. The van der Waals surface area contributed by atoms with E-state index >= 15 is 0 Å². The number of nitrogens with zero attached hydrogens (tertiary/aromatic N) is 1. The highest BCUT2D eigenvalue weighted by molar-refractivity contribution is 5.91. The zero-order valence-corrected chi connectivity index (χ0v) is 15.4. The van der Waals surface area contributed by atoms with Crippen molar-refractivity contribution in [3.63, 3.8) is 0 Å². The summed E-state index contributed by atoms with van der Waals surface area (Å²) in [7, 11) is 0. The van der Waals surface area contributed by atoms with E-state index in [2.05, 4.69) is 11.2 Å². The molecule has 1 heterocycles. The van der Waals surface area contributed by atoms with Crippen molar-refractivity contribution >= 4 is 12.0 Å². The molecule has 0 bridgehead atoms. The molecule has 1 aliphatic heterocycles. The Hall–Kier alpha value is -1.74. The molecule has 0 aromatic heterocycles. The van der Waals surface area contributed by atoms with Gasteiger partial charge in [0.2, 0.25) is 5.91 Å². The van der Waals surface area contributed by atoms with Gasteiger partial charge in [0, 0.05) is 19.5 Å². The zero-order chi connectivity index (χ0) is 18.5. The third-order valence-corrected chi connectivity index (χ3v) is 4.16. The summed E-state index contributed by atoms with van der Waals surface area (Å²) in [6.07, 6.45) is 5.58. The number of aliphatic hydroxyl groups is 1. The Balaban J connectivity index is 2.94. The standard InChI is InChI=1S/C18H30N2O4/c1-7-9-18(15(22)19-12-14(21)13(2)3)10-8-11-20(18)16(23)24-17(4,5)6/h1,13-14,21H,8-12H2,2-6H3,(H,19,22)/t14-,18+/m0/s1. The first-order valence-electron chi connectivity index (χ1n) is 8.44. The molecule has 6 heteroatoms. The number of carbonyl (C=O) groups excluding carboxylic acids is 2. The van der Waals surface area contributed by atoms with Gasteiger partial charge in [-0.05, 0) is 39.5 Å². The van der Waals surface area contributed by atoms with Crippen molar-refractivity contribution in [3.8, 4) is 12.3 Å². The number of terminal acetylenes is 1. The van der Waals surface area contributed by atoms with Crippen molar-refractivity contribution in [2.45, 2.75) is 71.1 Å². The largest absolute Gasteiger partial charge is 0.444 e. The summed E-state index contributed by atoms with van der Waals surface area (Å²) in [4.78, 5) is 26.7. The number of aliphatic hydroxyl groups excluding tert-OH is 1. The average Bonchev–Trinajstić information content (AvgIpc) is 2.87. The summed E-state index contributed by atoms with van der Waals surface area (Å²) in [6, 6.07) is 0. The molecule has 2 atom stereocenters. The Morgan fingerprint density at radius 3 is 2.54 bits per heavy atom. The van der Waals surface area contributed by atoms with Crippen LogP contribution in [0.1, 0.15) is 53.9 Å². The molecule has 1 fully saturated rings. The van der Waals surface area contributed by atoms with Gasteiger partial charge in [0.05, 0.1) is 6.10 Å². The van der Waals surface area contributed by atoms with Crippen LogP contribution in [-0.2, 0) is 9.53 Å². The van der Waals surface area contributed by atoms with Crippen LogP contribution in [0.4, 0.5) is 4.79 Å². The van der Waals surface area contributed by atoms with Crippen molar-refractivity contribution in [1.82, 2.24) is 10.2 Å². The molecule has 0 spiro atoms. The van der Waals surface area contributed by atoms with Crippen molar-refractivity contribution < 1.29 is 19.4 Å².